The second-order valence-electron chi connectivity index (χ2n) is 4.92. The van der Waals surface area contributed by atoms with E-state index in [0.29, 0.717) is 5.56 Å². The molecule has 82 valence electrons. The smallest absolute Gasteiger partial charge is 0.132 e. The van der Waals surface area contributed by atoms with Crippen molar-refractivity contribution in [1.82, 2.24) is 0 Å². The summed E-state index contributed by atoms with van der Waals surface area (Å²) in [6.45, 7) is 5.51. The SMILES string of the molecule is Cc1ccc(F)c(C2C(N)C2(C)C)c1F. The highest BCUT2D eigenvalue weighted by molar-refractivity contribution is 5.38. The molecule has 3 heteroatoms. The Morgan fingerprint density at radius 1 is 1.27 bits per heavy atom. The van der Waals surface area contributed by atoms with Crippen LogP contribution in [0.4, 0.5) is 8.78 Å². The fourth-order valence-corrected chi connectivity index (χ4v) is 2.19. The maximum atomic E-state index is 13.8. The molecule has 0 spiro atoms. The predicted octanol–water partition coefficient (Wildman–Crippen LogP) is 2.72. The quantitative estimate of drug-likeness (QED) is 0.759. The van der Waals surface area contributed by atoms with Crippen molar-refractivity contribution in [3.63, 3.8) is 0 Å². The number of hydrogen-bond acceptors (Lipinski definition) is 1. The molecule has 2 unspecified atom stereocenters. The molecule has 0 bridgehead atoms. The van der Waals surface area contributed by atoms with Crippen molar-refractivity contribution in [3.8, 4) is 0 Å². The van der Waals surface area contributed by atoms with Crippen LogP contribution < -0.4 is 5.73 Å². The van der Waals surface area contributed by atoms with E-state index in [1.54, 1.807) is 6.92 Å². The van der Waals surface area contributed by atoms with Crippen LogP contribution in [-0.4, -0.2) is 6.04 Å². The number of rotatable bonds is 1. The zero-order chi connectivity index (χ0) is 11.4. The van der Waals surface area contributed by atoms with Gasteiger partial charge in [0.05, 0.1) is 0 Å². The molecule has 1 aromatic rings. The minimum atomic E-state index is -0.482. The standard InChI is InChI=1S/C12H15F2N/c1-6-4-5-7(13)8(10(6)14)9-11(15)12(9,2)3/h4-5,9,11H,15H2,1-3H3. The van der Waals surface area contributed by atoms with Crippen LogP contribution in [-0.2, 0) is 0 Å². The molecule has 1 aliphatic carbocycles. The molecular formula is C12H15F2N. The molecular weight excluding hydrogens is 196 g/mol. The molecule has 15 heavy (non-hydrogen) atoms. The summed E-state index contributed by atoms with van der Waals surface area (Å²) in [4.78, 5) is 0. The summed E-state index contributed by atoms with van der Waals surface area (Å²) in [7, 11) is 0. The van der Waals surface area contributed by atoms with Crippen molar-refractivity contribution in [2.45, 2.75) is 32.7 Å². The molecule has 0 radical (unpaired) electrons. The molecule has 1 nitrogen and oxygen atoms in total. The Balaban J connectivity index is 2.51. The number of halogens is 2. The molecule has 1 aromatic carbocycles. The molecule has 0 aromatic heterocycles. The summed E-state index contributed by atoms with van der Waals surface area (Å²) in [5.41, 5.74) is 6.27. The van der Waals surface area contributed by atoms with Crippen molar-refractivity contribution in [2.75, 3.05) is 0 Å². The number of benzene rings is 1. The number of nitrogens with two attached hydrogens (primary N) is 1. The van der Waals surface area contributed by atoms with Gasteiger partial charge in [-0.25, -0.2) is 8.78 Å². The minimum Gasteiger partial charge on any atom is -0.327 e. The van der Waals surface area contributed by atoms with E-state index in [4.69, 9.17) is 5.73 Å². The molecule has 2 N–H and O–H groups in total. The van der Waals surface area contributed by atoms with E-state index in [1.165, 1.54) is 12.1 Å². The lowest BCUT2D eigenvalue weighted by molar-refractivity contribution is 0.526. The Labute approximate surface area is 88.3 Å². The lowest BCUT2D eigenvalue weighted by Crippen LogP contribution is -2.07. The van der Waals surface area contributed by atoms with Gasteiger partial charge >= 0.3 is 0 Å². The van der Waals surface area contributed by atoms with Gasteiger partial charge in [-0.1, -0.05) is 19.9 Å². The average molecular weight is 211 g/mol. The Morgan fingerprint density at radius 2 is 1.80 bits per heavy atom. The minimum absolute atomic E-state index is 0.150. The molecule has 1 saturated carbocycles. The first kappa shape index (κ1) is 10.6. The monoisotopic (exact) mass is 211 g/mol. The van der Waals surface area contributed by atoms with Crippen molar-refractivity contribution in [1.29, 1.82) is 0 Å². The maximum Gasteiger partial charge on any atom is 0.132 e. The van der Waals surface area contributed by atoms with E-state index in [1.807, 2.05) is 13.8 Å². The van der Waals surface area contributed by atoms with Gasteiger partial charge in [-0.2, -0.15) is 0 Å². The number of aryl methyl sites for hydroxylation is 1. The van der Waals surface area contributed by atoms with E-state index < -0.39 is 11.6 Å². The van der Waals surface area contributed by atoms with Crippen LogP contribution in [0.3, 0.4) is 0 Å². The van der Waals surface area contributed by atoms with Gasteiger partial charge in [0.1, 0.15) is 11.6 Å². The second-order valence-corrected chi connectivity index (χ2v) is 4.92. The molecule has 0 aliphatic heterocycles. The van der Waals surface area contributed by atoms with Crippen molar-refractivity contribution < 1.29 is 8.78 Å². The van der Waals surface area contributed by atoms with Crippen LogP contribution in [0.1, 0.15) is 30.9 Å². The Morgan fingerprint density at radius 3 is 2.27 bits per heavy atom. The highest BCUT2D eigenvalue weighted by Crippen LogP contribution is 2.58. The zero-order valence-electron chi connectivity index (χ0n) is 9.14. The lowest BCUT2D eigenvalue weighted by atomic mass is 10.00. The van der Waals surface area contributed by atoms with E-state index in [9.17, 15) is 8.78 Å². The van der Waals surface area contributed by atoms with E-state index in [-0.39, 0.29) is 22.9 Å². The molecule has 1 fully saturated rings. The van der Waals surface area contributed by atoms with Crippen molar-refractivity contribution >= 4 is 0 Å². The van der Waals surface area contributed by atoms with Crippen LogP contribution in [0.2, 0.25) is 0 Å². The van der Waals surface area contributed by atoms with Crippen LogP contribution >= 0.6 is 0 Å². The van der Waals surface area contributed by atoms with Crippen LogP contribution in [0.15, 0.2) is 12.1 Å². The van der Waals surface area contributed by atoms with Crippen molar-refractivity contribution in [3.05, 3.63) is 34.9 Å². The highest BCUT2D eigenvalue weighted by atomic mass is 19.1. The molecule has 0 heterocycles. The zero-order valence-corrected chi connectivity index (χ0v) is 9.14. The fourth-order valence-electron chi connectivity index (χ4n) is 2.19. The van der Waals surface area contributed by atoms with E-state index in [0.717, 1.165) is 0 Å². The van der Waals surface area contributed by atoms with Gasteiger partial charge in [0, 0.05) is 17.5 Å². The molecule has 0 amide bonds. The summed E-state index contributed by atoms with van der Waals surface area (Å²) < 4.78 is 27.3. The van der Waals surface area contributed by atoms with Gasteiger partial charge in [-0.3, -0.25) is 0 Å². The van der Waals surface area contributed by atoms with Gasteiger partial charge < -0.3 is 5.73 Å². The number of hydrogen-bond donors (Lipinski definition) is 1. The second kappa shape index (κ2) is 3.01. The molecule has 2 rings (SSSR count). The third-order valence-electron chi connectivity index (χ3n) is 3.54. The topological polar surface area (TPSA) is 26.0 Å². The first-order valence-corrected chi connectivity index (χ1v) is 5.07. The summed E-state index contributed by atoms with van der Waals surface area (Å²) >= 11 is 0. The molecule has 1 aliphatic rings. The van der Waals surface area contributed by atoms with Crippen molar-refractivity contribution in [2.24, 2.45) is 11.1 Å². The fraction of sp³-hybridized carbons (Fsp3) is 0.500. The van der Waals surface area contributed by atoms with Crippen LogP contribution in [0.25, 0.3) is 0 Å². The summed E-state index contributed by atoms with van der Waals surface area (Å²) in [6.07, 6.45) is 0. The first-order valence-electron chi connectivity index (χ1n) is 5.07. The molecule has 2 atom stereocenters. The van der Waals surface area contributed by atoms with E-state index >= 15 is 0 Å². The first-order chi connectivity index (χ1) is 6.87. The van der Waals surface area contributed by atoms with Gasteiger partial charge in [-0.15, -0.1) is 0 Å². The largest absolute Gasteiger partial charge is 0.327 e. The summed E-state index contributed by atoms with van der Waals surface area (Å²) in [5, 5.41) is 0. The average Bonchev–Trinajstić information content (AvgIpc) is 2.63. The third-order valence-corrected chi connectivity index (χ3v) is 3.54. The van der Waals surface area contributed by atoms with Gasteiger partial charge in [-0.05, 0) is 24.0 Å². The highest BCUT2D eigenvalue weighted by Gasteiger charge is 2.58. The summed E-state index contributed by atoms with van der Waals surface area (Å²) in [5.74, 6) is -1.12. The Bertz CT molecular complexity index is 412. The third kappa shape index (κ3) is 1.37. The van der Waals surface area contributed by atoms with Gasteiger partial charge in [0.15, 0.2) is 0 Å². The summed E-state index contributed by atoms with van der Waals surface area (Å²) in [6, 6.07) is 2.62. The van der Waals surface area contributed by atoms with Crippen LogP contribution in [0.5, 0.6) is 0 Å². The van der Waals surface area contributed by atoms with Crippen LogP contribution in [0, 0.1) is 24.0 Å². The van der Waals surface area contributed by atoms with Gasteiger partial charge in [0.2, 0.25) is 0 Å². The predicted molar refractivity (Wildman–Crippen MR) is 55.6 cm³/mol. The van der Waals surface area contributed by atoms with E-state index in [2.05, 4.69) is 0 Å². The van der Waals surface area contributed by atoms with Gasteiger partial charge in [0.25, 0.3) is 0 Å². The Hall–Kier alpha value is -0.960. The maximum absolute atomic E-state index is 13.8. The normalized spacial score (nSPS) is 27.9. The molecule has 0 saturated heterocycles. The lowest BCUT2D eigenvalue weighted by Gasteiger charge is -2.08. The Kier molecular flexibility index (Phi) is 2.12.